The van der Waals surface area contributed by atoms with Crippen LogP contribution in [0.3, 0.4) is 0 Å². The van der Waals surface area contributed by atoms with Crippen molar-refractivity contribution in [1.82, 2.24) is 10.2 Å². The molecule has 0 saturated carbocycles. The highest BCUT2D eigenvalue weighted by Crippen LogP contribution is 2.31. The molecular weight excluding hydrogens is 338 g/mol. The third-order valence-corrected chi connectivity index (χ3v) is 4.13. The number of hydrogen-bond donors (Lipinski definition) is 2. The van der Waals surface area contributed by atoms with Gasteiger partial charge in [0.25, 0.3) is 11.8 Å². The van der Waals surface area contributed by atoms with E-state index in [4.69, 9.17) is 14.9 Å². The average Bonchev–Trinajstić information content (AvgIpc) is 3.12. The summed E-state index contributed by atoms with van der Waals surface area (Å²) < 4.78 is 10.8. The molecule has 0 aliphatic carbocycles. The monoisotopic (exact) mass is 357 g/mol. The number of imide groups is 1. The van der Waals surface area contributed by atoms with Gasteiger partial charge in [-0.1, -0.05) is 12.1 Å². The number of carbonyl (C=O) groups is 3. The van der Waals surface area contributed by atoms with Gasteiger partial charge in [-0.05, 0) is 43.7 Å². The summed E-state index contributed by atoms with van der Waals surface area (Å²) >= 11 is 0. The first-order valence-electron chi connectivity index (χ1n) is 8.00. The molecule has 136 valence electrons. The van der Waals surface area contributed by atoms with E-state index in [0.29, 0.717) is 22.8 Å². The van der Waals surface area contributed by atoms with Crippen LogP contribution in [0.15, 0.2) is 40.8 Å². The lowest BCUT2D eigenvalue weighted by Gasteiger charge is -2.19. The van der Waals surface area contributed by atoms with Crippen molar-refractivity contribution in [2.24, 2.45) is 5.73 Å². The van der Waals surface area contributed by atoms with Crippen LogP contribution in [0.1, 0.15) is 24.0 Å². The fraction of sp³-hybridized carbons (Fsp3) is 0.278. The van der Waals surface area contributed by atoms with Crippen LogP contribution in [0, 0.1) is 6.92 Å². The molecule has 4 amide bonds. The quantitative estimate of drug-likeness (QED) is 0.759. The van der Waals surface area contributed by atoms with Crippen LogP contribution in [0.4, 0.5) is 4.79 Å². The maximum Gasteiger partial charge on any atom is 0.325 e. The molecule has 1 aliphatic heterocycles. The Labute approximate surface area is 149 Å². The number of nitrogens with zero attached hydrogens (tertiary/aromatic N) is 1. The smallest absolute Gasteiger partial charge is 0.325 e. The highest BCUT2D eigenvalue weighted by Gasteiger charge is 2.51. The zero-order valence-electron chi connectivity index (χ0n) is 14.4. The molecule has 1 aliphatic rings. The summed E-state index contributed by atoms with van der Waals surface area (Å²) in [6.07, 6.45) is 0. The number of nitrogens with two attached hydrogens (primary N) is 1. The van der Waals surface area contributed by atoms with Crippen molar-refractivity contribution in [2.45, 2.75) is 25.9 Å². The lowest BCUT2D eigenvalue weighted by Crippen LogP contribution is -2.40. The minimum absolute atomic E-state index is 0.0632. The normalized spacial score (nSPS) is 19.5. The standard InChI is InChI=1S/C18H19N3O5/c1-11-6-7-14(26-11)18(2)16(23)21(17(24)20-18)9-12-4-3-5-13(8-12)25-10-15(19)22/h3-8H,9-10H2,1-2H3,(H2,19,22)(H,20,24)/t18-/m0/s1. The highest BCUT2D eigenvalue weighted by atomic mass is 16.5. The van der Waals surface area contributed by atoms with Gasteiger partial charge in [-0.25, -0.2) is 4.79 Å². The fourth-order valence-electron chi connectivity index (χ4n) is 2.78. The molecule has 1 aromatic carbocycles. The number of aryl methyl sites for hydroxylation is 1. The predicted octanol–water partition coefficient (Wildman–Crippen LogP) is 1.42. The van der Waals surface area contributed by atoms with Crippen molar-refractivity contribution in [3.05, 3.63) is 53.5 Å². The fourth-order valence-corrected chi connectivity index (χ4v) is 2.78. The van der Waals surface area contributed by atoms with Crippen LogP contribution in [0.2, 0.25) is 0 Å². The largest absolute Gasteiger partial charge is 0.484 e. The number of ether oxygens (including phenoxy) is 1. The summed E-state index contributed by atoms with van der Waals surface area (Å²) in [5.74, 6) is 0.475. The van der Waals surface area contributed by atoms with Crippen molar-refractivity contribution < 1.29 is 23.5 Å². The number of amides is 4. The van der Waals surface area contributed by atoms with E-state index in [1.165, 1.54) is 0 Å². The van der Waals surface area contributed by atoms with Gasteiger partial charge in [-0.2, -0.15) is 0 Å². The van der Waals surface area contributed by atoms with Gasteiger partial charge in [0.2, 0.25) is 0 Å². The van der Waals surface area contributed by atoms with Crippen LogP contribution in [-0.4, -0.2) is 29.4 Å². The molecule has 8 heteroatoms. The van der Waals surface area contributed by atoms with Crippen LogP contribution in [-0.2, 0) is 21.7 Å². The summed E-state index contributed by atoms with van der Waals surface area (Å²) in [5, 5.41) is 2.69. The molecule has 0 unspecified atom stereocenters. The molecule has 2 aromatic rings. The third kappa shape index (κ3) is 3.26. The minimum atomic E-state index is -1.24. The molecule has 0 radical (unpaired) electrons. The zero-order chi connectivity index (χ0) is 18.9. The first kappa shape index (κ1) is 17.5. The molecular formula is C18H19N3O5. The molecule has 1 aromatic heterocycles. The van der Waals surface area contributed by atoms with E-state index in [9.17, 15) is 14.4 Å². The molecule has 0 bridgehead atoms. The second kappa shape index (κ2) is 6.55. The van der Waals surface area contributed by atoms with Crippen LogP contribution in [0.5, 0.6) is 5.75 Å². The van der Waals surface area contributed by atoms with Crippen LogP contribution < -0.4 is 15.8 Å². The molecule has 26 heavy (non-hydrogen) atoms. The van der Waals surface area contributed by atoms with E-state index in [1.807, 2.05) is 0 Å². The minimum Gasteiger partial charge on any atom is -0.484 e. The number of rotatable bonds is 6. The molecule has 1 atom stereocenters. The lowest BCUT2D eigenvalue weighted by molar-refractivity contribution is -0.132. The van der Waals surface area contributed by atoms with Crippen molar-refractivity contribution >= 4 is 17.8 Å². The molecule has 1 saturated heterocycles. The second-order valence-electron chi connectivity index (χ2n) is 6.26. The zero-order valence-corrected chi connectivity index (χ0v) is 14.4. The Morgan fingerprint density at radius 1 is 1.31 bits per heavy atom. The number of carbonyl (C=O) groups excluding carboxylic acids is 3. The Morgan fingerprint density at radius 3 is 2.73 bits per heavy atom. The van der Waals surface area contributed by atoms with E-state index in [0.717, 1.165) is 4.90 Å². The van der Waals surface area contributed by atoms with Gasteiger partial charge in [-0.15, -0.1) is 0 Å². The average molecular weight is 357 g/mol. The third-order valence-electron chi connectivity index (χ3n) is 4.13. The Bertz CT molecular complexity index is 875. The van der Waals surface area contributed by atoms with Crippen molar-refractivity contribution in [2.75, 3.05) is 6.61 Å². The molecule has 1 fully saturated rings. The van der Waals surface area contributed by atoms with Gasteiger partial charge in [0.05, 0.1) is 6.54 Å². The van der Waals surface area contributed by atoms with Gasteiger partial charge < -0.3 is 20.2 Å². The van der Waals surface area contributed by atoms with Crippen molar-refractivity contribution in [1.29, 1.82) is 0 Å². The highest BCUT2D eigenvalue weighted by molar-refractivity contribution is 6.06. The van der Waals surface area contributed by atoms with Gasteiger partial charge in [0.1, 0.15) is 17.3 Å². The Balaban J connectivity index is 1.78. The van der Waals surface area contributed by atoms with Crippen molar-refractivity contribution in [3.63, 3.8) is 0 Å². The summed E-state index contributed by atoms with van der Waals surface area (Å²) in [6.45, 7) is 3.19. The lowest BCUT2D eigenvalue weighted by atomic mass is 9.99. The van der Waals surface area contributed by atoms with Gasteiger partial charge in [-0.3, -0.25) is 14.5 Å². The Hall–Kier alpha value is -3.29. The number of benzene rings is 1. The SMILES string of the molecule is Cc1ccc([C@]2(C)NC(=O)N(Cc3cccc(OCC(N)=O)c3)C2=O)o1. The van der Waals surface area contributed by atoms with E-state index < -0.39 is 23.4 Å². The second-order valence-corrected chi connectivity index (χ2v) is 6.26. The maximum absolute atomic E-state index is 12.8. The van der Waals surface area contributed by atoms with E-state index in [2.05, 4.69) is 5.32 Å². The number of urea groups is 1. The van der Waals surface area contributed by atoms with E-state index >= 15 is 0 Å². The summed E-state index contributed by atoms with van der Waals surface area (Å²) in [7, 11) is 0. The number of primary amides is 1. The Morgan fingerprint density at radius 2 is 2.08 bits per heavy atom. The summed E-state index contributed by atoms with van der Waals surface area (Å²) in [5.41, 5.74) is 4.49. The van der Waals surface area contributed by atoms with Crippen LogP contribution >= 0.6 is 0 Å². The number of hydrogen-bond acceptors (Lipinski definition) is 5. The number of furan rings is 1. The summed E-state index contributed by atoms with van der Waals surface area (Å²) in [6, 6.07) is 9.68. The molecule has 8 nitrogen and oxygen atoms in total. The molecule has 2 heterocycles. The van der Waals surface area contributed by atoms with Gasteiger partial charge >= 0.3 is 6.03 Å². The van der Waals surface area contributed by atoms with Gasteiger partial charge in [0.15, 0.2) is 12.1 Å². The Kier molecular flexibility index (Phi) is 4.41. The molecule has 0 spiro atoms. The maximum atomic E-state index is 12.8. The number of nitrogens with one attached hydrogen (secondary N) is 1. The van der Waals surface area contributed by atoms with Crippen molar-refractivity contribution in [3.8, 4) is 5.75 Å². The van der Waals surface area contributed by atoms with Gasteiger partial charge in [0, 0.05) is 0 Å². The van der Waals surface area contributed by atoms with E-state index in [1.54, 1.807) is 50.2 Å². The first-order valence-corrected chi connectivity index (χ1v) is 8.00. The molecule has 3 rings (SSSR count). The first-order chi connectivity index (χ1) is 12.3. The topological polar surface area (TPSA) is 115 Å². The molecule has 3 N–H and O–H groups in total. The predicted molar refractivity (Wildman–Crippen MR) is 91.0 cm³/mol. The van der Waals surface area contributed by atoms with E-state index in [-0.39, 0.29) is 13.2 Å². The van der Waals surface area contributed by atoms with Crippen LogP contribution in [0.25, 0.3) is 0 Å². The summed E-state index contributed by atoms with van der Waals surface area (Å²) in [4.78, 5) is 37.1.